The van der Waals surface area contributed by atoms with Crippen LogP contribution in [0.4, 0.5) is 5.82 Å². The van der Waals surface area contributed by atoms with Crippen molar-refractivity contribution >= 4 is 61.9 Å². The fourth-order valence-corrected chi connectivity index (χ4v) is 5.69. The van der Waals surface area contributed by atoms with Crippen molar-refractivity contribution in [2.45, 2.75) is 6.42 Å². The van der Waals surface area contributed by atoms with E-state index in [1.807, 2.05) is 16.8 Å². The Bertz CT molecular complexity index is 1260. The van der Waals surface area contributed by atoms with Gasteiger partial charge in [-0.05, 0) is 33.8 Å². The van der Waals surface area contributed by atoms with Gasteiger partial charge in [-0.1, -0.05) is 6.07 Å². The summed E-state index contributed by atoms with van der Waals surface area (Å²) in [5, 5.41) is 11.4. The number of hydrogen-bond donors (Lipinski definition) is 1. The molecule has 29 heavy (non-hydrogen) atoms. The minimum absolute atomic E-state index is 0.278. The average molecular weight is 439 g/mol. The van der Waals surface area contributed by atoms with E-state index in [1.54, 1.807) is 46.0 Å². The first kappa shape index (κ1) is 18.2. The SMILES string of the molecule is CN(C1=CC(=O)NC1=O)c1nc(Cc2ccsc2)nc2scc(-c3cccs3)c12. The highest BCUT2D eigenvalue weighted by Crippen LogP contribution is 2.40. The van der Waals surface area contributed by atoms with Crippen molar-refractivity contribution in [3.63, 3.8) is 0 Å². The van der Waals surface area contributed by atoms with Crippen LogP contribution < -0.4 is 10.2 Å². The van der Waals surface area contributed by atoms with E-state index in [1.165, 1.54) is 6.08 Å². The highest BCUT2D eigenvalue weighted by Gasteiger charge is 2.28. The van der Waals surface area contributed by atoms with E-state index in [-0.39, 0.29) is 5.70 Å². The van der Waals surface area contributed by atoms with Gasteiger partial charge in [0.05, 0.1) is 5.39 Å². The van der Waals surface area contributed by atoms with Crippen molar-refractivity contribution in [1.29, 1.82) is 0 Å². The summed E-state index contributed by atoms with van der Waals surface area (Å²) < 4.78 is 0. The van der Waals surface area contributed by atoms with Crippen LogP contribution in [0, 0.1) is 0 Å². The lowest BCUT2D eigenvalue weighted by atomic mass is 10.1. The number of amides is 2. The zero-order chi connectivity index (χ0) is 20.0. The fourth-order valence-electron chi connectivity index (χ4n) is 3.24. The highest BCUT2D eigenvalue weighted by molar-refractivity contribution is 7.18. The summed E-state index contributed by atoms with van der Waals surface area (Å²) in [5.74, 6) is 0.477. The lowest BCUT2D eigenvalue weighted by molar-refractivity contribution is -0.123. The summed E-state index contributed by atoms with van der Waals surface area (Å²) >= 11 is 4.84. The van der Waals surface area contributed by atoms with Crippen LogP contribution in [0.3, 0.4) is 0 Å². The Morgan fingerprint density at radius 2 is 2.00 bits per heavy atom. The molecule has 4 aromatic rings. The normalized spacial score (nSPS) is 13.8. The molecule has 6 nitrogen and oxygen atoms in total. The topological polar surface area (TPSA) is 75.2 Å². The van der Waals surface area contributed by atoms with Crippen LogP contribution in [0.1, 0.15) is 11.4 Å². The van der Waals surface area contributed by atoms with E-state index in [0.29, 0.717) is 18.1 Å². The molecule has 0 unspecified atom stereocenters. The van der Waals surface area contributed by atoms with Crippen molar-refractivity contribution in [3.8, 4) is 10.4 Å². The largest absolute Gasteiger partial charge is 0.324 e. The third-order valence-electron chi connectivity index (χ3n) is 4.61. The number of nitrogens with zero attached hydrogens (tertiary/aromatic N) is 3. The van der Waals surface area contributed by atoms with Crippen LogP contribution in [0.15, 0.2) is 51.5 Å². The molecule has 0 aliphatic carbocycles. The number of carbonyl (C=O) groups excluding carboxylic acids is 2. The van der Waals surface area contributed by atoms with Gasteiger partial charge in [0.15, 0.2) is 0 Å². The lowest BCUT2D eigenvalue weighted by Crippen LogP contribution is -2.29. The van der Waals surface area contributed by atoms with Gasteiger partial charge in [-0.2, -0.15) is 11.3 Å². The summed E-state index contributed by atoms with van der Waals surface area (Å²) in [6.45, 7) is 0. The Morgan fingerprint density at radius 1 is 1.10 bits per heavy atom. The third kappa shape index (κ3) is 3.27. The molecule has 0 atom stereocenters. The minimum Gasteiger partial charge on any atom is -0.324 e. The maximum absolute atomic E-state index is 12.2. The molecule has 0 bridgehead atoms. The van der Waals surface area contributed by atoms with Crippen molar-refractivity contribution in [2.75, 3.05) is 11.9 Å². The molecule has 5 heterocycles. The van der Waals surface area contributed by atoms with Crippen molar-refractivity contribution in [3.05, 3.63) is 62.9 Å². The number of rotatable bonds is 5. The lowest BCUT2D eigenvalue weighted by Gasteiger charge is -2.20. The summed E-state index contributed by atoms with van der Waals surface area (Å²) in [4.78, 5) is 37.2. The van der Waals surface area contributed by atoms with Gasteiger partial charge in [0.2, 0.25) is 0 Å². The number of carbonyl (C=O) groups is 2. The molecule has 1 aliphatic heterocycles. The van der Waals surface area contributed by atoms with E-state index in [0.717, 1.165) is 26.2 Å². The third-order valence-corrected chi connectivity index (χ3v) is 7.11. The van der Waals surface area contributed by atoms with Crippen molar-refractivity contribution < 1.29 is 9.59 Å². The molecule has 1 aliphatic rings. The van der Waals surface area contributed by atoms with Gasteiger partial charge in [0.1, 0.15) is 22.2 Å². The molecule has 1 N–H and O–H groups in total. The number of hydrogen-bond acceptors (Lipinski definition) is 8. The standard InChI is InChI=1S/C20H14N4O2S3/c1-24(13-8-16(25)23-19(13)26)18-17-12(14-3-2-5-28-14)10-29-20(17)22-15(21-18)7-11-4-6-27-9-11/h2-6,8-10H,7H2,1H3,(H,23,25,26). The predicted molar refractivity (Wildman–Crippen MR) is 117 cm³/mol. The maximum atomic E-state index is 12.2. The molecule has 0 aromatic carbocycles. The summed E-state index contributed by atoms with van der Waals surface area (Å²) in [6.07, 6.45) is 1.92. The number of fused-ring (bicyclic) bond motifs is 1. The van der Waals surface area contributed by atoms with Crippen LogP contribution in [-0.2, 0) is 16.0 Å². The maximum Gasteiger partial charge on any atom is 0.274 e. The Balaban J connectivity index is 1.69. The van der Waals surface area contributed by atoms with Crippen LogP contribution in [0.2, 0.25) is 0 Å². The van der Waals surface area contributed by atoms with Gasteiger partial charge in [-0.25, -0.2) is 9.97 Å². The monoisotopic (exact) mass is 438 g/mol. The van der Waals surface area contributed by atoms with E-state index in [9.17, 15) is 9.59 Å². The zero-order valence-corrected chi connectivity index (χ0v) is 17.7. The van der Waals surface area contributed by atoms with E-state index < -0.39 is 11.8 Å². The quantitative estimate of drug-likeness (QED) is 0.476. The van der Waals surface area contributed by atoms with Gasteiger partial charge in [-0.3, -0.25) is 14.9 Å². The average Bonchev–Trinajstić information content (AvgIpc) is 3.48. The molecular formula is C20H14N4O2S3. The molecule has 4 aromatic heterocycles. The molecule has 9 heteroatoms. The second kappa shape index (κ2) is 7.18. The van der Waals surface area contributed by atoms with Crippen LogP contribution in [0.5, 0.6) is 0 Å². The zero-order valence-electron chi connectivity index (χ0n) is 15.2. The summed E-state index contributed by atoms with van der Waals surface area (Å²) in [6, 6.07) is 6.11. The van der Waals surface area contributed by atoms with Gasteiger partial charge in [0, 0.05) is 35.4 Å². The number of aromatic nitrogens is 2. The Kier molecular flexibility index (Phi) is 4.50. The summed E-state index contributed by atoms with van der Waals surface area (Å²) in [7, 11) is 1.76. The number of anilines is 1. The first-order valence-electron chi connectivity index (χ1n) is 8.74. The number of nitrogens with one attached hydrogen (secondary N) is 1. The molecule has 0 saturated carbocycles. The number of imide groups is 1. The highest BCUT2D eigenvalue weighted by atomic mass is 32.1. The number of thiophene rings is 3. The van der Waals surface area contributed by atoms with Crippen LogP contribution in [0.25, 0.3) is 20.7 Å². The second-order valence-corrected chi connectivity index (χ2v) is 9.07. The predicted octanol–water partition coefficient (Wildman–Crippen LogP) is 4.05. The molecule has 5 rings (SSSR count). The van der Waals surface area contributed by atoms with E-state index >= 15 is 0 Å². The van der Waals surface area contributed by atoms with E-state index in [2.05, 4.69) is 28.2 Å². The van der Waals surface area contributed by atoms with Gasteiger partial charge < -0.3 is 4.90 Å². The molecular weight excluding hydrogens is 424 g/mol. The second-order valence-electron chi connectivity index (χ2n) is 6.49. The Labute approximate surface area is 178 Å². The molecule has 2 amide bonds. The minimum atomic E-state index is -0.420. The Morgan fingerprint density at radius 3 is 2.69 bits per heavy atom. The smallest absolute Gasteiger partial charge is 0.274 e. The molecule has 0 spiro atoms. The van der Waals surface area contributed by atoms with E-state index in [4.69, 9.17) is 9.97 Å². The van der Waals surface area contributed by atoms with Gasteiger partial charge in [0.25, 0.3) is 11.8 Å². The molecule has 0 fully saturated rings. The van der Waals surface area contributed by atoms with Gasteiger partial charge >= 0.3 is 0 Å². The van der Waals surface area contributed by atoms with Crippen LogP contribution in [-0.4, -0.2) is 28.8 Å². The molecule has 0 saturated heterocycles. The Hall–Kier alpha value is -2.88. The van der Waals surface area contributed by atoms with Gasteiger partial charge in [-0.15, -0.1) is 22.7 Å². The summed E-state index contributed by atoms with van der Waals surface area (Å²) in [5.41, 5.74) is 2.46. The van der Waals surface area contributed by atoms with Crippen LogP contribution >= 0.6 is 34.0 Å². The first-order chi connectivity index (χ1) is 14.1. The first-order valence-corrected chi connectivity index (χ1v) is 11.4. The fraction of sp³-hybridized carbons (Fsp3) is 0.100. The molecule has 144 valence electrons. The van der Waals surface area contributed by atoms with Crippen molar-refractivity contribution in [1.82, 2.24) is 15.3 Å². The number of likely N-dealkylation sites (N-methyl/N-ethyl adjacent to an activating group) is 1. The molecule has 0 radical (unpaired) electrons. The van der Waals surface area contributed by atoms with Crippen molar-refractivity contribution in [2.24, 2.45) is 0 Å².